The van der Waals surface area contributed by atoms with Gasteiger partial charge in [0.1, 0.15) is 0 Å². The van der Waals surface area contributed by atoms with Gasteiger partial charge in [-0.3, -0.25) is 4.90 Å². The number of carbonyl (C=O) groups excluding carboxylic acids is 1. The first kappa shape index (κ1) is 15.7. The molecule has 19 heavy (non-hydrogen) atoms. The van der Waals surface area contributed by atoms with Crippen molar-refractivity contribution in [1.29, 1.82) is 0 Å². The Morgan fingerprint density at radius 3 is 2.63 bits per heavy atom. The minimum atomic E-state index is -1.27. The van der Waals surface area contributed by atoms with Gasteiger partial charge in [0.25, 0.3) is 0 Å². The van der Waals surface area contributed by atoms with Crippen LogP contribution in [0.3, 0.4) is 0 Å². The number of amides is 2. The molecule has 1 aliphatic rings. The zero-order valence-corrected chi connectivity index (χ0v) is 11.3. The zero-order chi connectivity index (χ0) is 14.4. The van der Waals surface area contributed by atoms with Crippen LogP contribution in [0.1, 0.15) is 0 Å². The molecule has 8 heteroatoms. The monoisotopic (exact) mass is 274 g/mol. The number of nitrogens with zero attached hydrogens (tertiary/aromatic N) is 2. The molecule has 2 unspecified atom stereocenters. The largest absolute Gasteiger partial charge is 0.480 e. The lowest BCUT2D eigenvalue weighted by molar-refractivity contribution is -0.140. The number of carboxylic acids is 1. The molecule has 110 valence electrons. The molecule has 1 fully saturated rings. The SMILES string of the molecule is CN1CCN(C)C(CNC(=O)NC(CO)C(=O)O)C1. The second-order valence-corrected chi connectivity index (χ2v) is 4.82. The summed E-state index contributed by atoms with van der Waals surface area (Å²) in [4.78, 5) is 26.5. The summed E-state index contributed by atoms with van der Waals surface area (Å²) in [6.45, 7) is 2.57. The molecule has 8 nitrogen and oxygen atoms in total. The van der Waals surface area contributed by atoms with Crippen LogP contribution in [-0.2, 0) is 4.79 Å². The Labute approximate surface area is 112 Å². The van der Waals surface area contributed by atoms with Gasteiger partial charge < -0.3 is 25.7 Å². The van der Waals surface area contributed by atoms with Crippen molar-refractivity contribution in [1.82, 2.24) is 20.4 Å². The average molecular weight is 274 g/mol. The highest BCUT2D eigenvalue weighted by atomic mass is 16.4. The summed E-state index contributed by atoms with van der Waals surface area (Å²) < 4.78 is 0. The standard InChI is InChI=1S/C11H22N4O4/c1-14-3-4-15(2)8(6-14)5-12-11(19)13-9(7-16)10(17)18/h8-9,16H,3-7H2,1-2H3,(H,17,18)(H2,12,13,19). The Hall–Kier alpha value is -1.38. The number of hydrogen-bond donors (Lipinski definition) is 4. The summed E-state index contributed by atoms with van der Waals surface area (Å²) >= 11 is 0. The van der Waals surface area contributed by atoms with Gasteiger partial charge in [-0.15, -0.1) is 0 Å². The van der Waals surface area contributed by atoms with Crippen LogP contribution in [-0.4, -0.2) is 91.0 Å². The molecule has 0 aliphatic carbocycles. The van der Waals surface area contributed by atoms with Gasteiger partial charge >= 0.3 is 12.0 Å². The van der Waals surface area contributed by atoms with Crippen LogP contribution < -0.4 is 10.6 Å². The maximum Gasteiger partial charge on any atom is 0.328 e. The summed E-state index contributed by atoms with van der Waals surface area (Å²) in [6.07, 6.45) is 0. The van der Waals surface area contributed by atoms with E-state index >= 15 is 0 Å². The van der Waals surface area contributed by atoms with E-state index in [1.807, 2.05) is 14.1 Å². The Morgan fingerprint density at radius 2 is 2.05 bits per heavy atom. The molecule has 1 aliphatic heterocycles. The minimum absolute atomic E-state index is 0.196. The number of nitrogens with one attached hydrogen (secondary N) is 2. The van der Waals surface area contributed by atoms with Crippen LogP contribution in [0.25, 0.3) is 0 Å². The smallest absolute Gasteiger partial charge is 0.328 e. The number of hydrogen-bond acceptors (Lipinski definition) is 5. The molecule has 0 aromatic carbocycles. The molecule has 0 aromatic heterocycles. The molecule has 2 atom stereocenters. The van der Waals surface area contributed by atoms with Crippen molar-refractivity contribution in [3.05, 3.63) is 0 Å². The van der Waals surface area contributed by atoms with E-state index in [0.717, 1.165) is 19.6 Å². The van der Waals surface area contributed by atoms with Crippen molar-refractivity contribution in [2.75, 3.05) is 46.9 Å². The van der Waals surface area contributed by atoms with Gasteiger partial charge in [-0.1, -0.05) is 0 Å². The zero-order valence-electron chi connectivity index (χ0n) is 11.3. The Kier molecular flexibility index (Phi) is 6.00. The van der Waals surface area contributed by atoms with Gasteiger partial charge in [0, 0.05) is 32.2 Å². The number of likely N-dealkylation sites (N-methyl/N-ethyl adjacent to an activating group) is 2. The third kappa shape index (κ3) is 5.01. The van der Waals surface area contributed by atoms with E-state index in [1.54, 1.807) is 0 Å². The average Bonchev–Trinajstić information content (AvgIpc) is 2.36. The summed E-state index contributed by atoms with van der Waals surface area (Å²) in [7, 11) is 4.01. The molecule has 2 amide bonds. The van der Waals surface area contributed by atoms with Gasteiger partial charge in [0.15, 0.2) is 6.04 Å². The summed E-state index contributed by atoms with van der Waals surface area (Å²) in [5, 5.41) is 22.3. The molecule has 0 saturated carbocycles. The fourth-order valence-electron chi connectivity index (χ4n) is 1.93. The Balaban J connectivity index is 2.34. The van der Waals surface area contributed by atoms with Crippen molar-refractivity contribution >= 4 is 12.0 Å². The second-order valence-electron chi connectivity index (χ2n) is 4.82. The summed E-state index contributed by atoms with van der Waals surface area (Å²) in [6, 6.07) is -1.66. The van der Waals surface area contributed by atoms with Crippen LogP contribution in [0.15, 0.2) is 0 Å². The molecule has 1 saturated heterocycles. The highest BCUT2D eigenvalue weighted by Gasteiger charge is 2.23. The third-order valence-corrected chi connectivity index (χ3v) is 3.26. The van der Waals surface area contributed by atoms with Gasteiger partial charge in [-0.25, -0.2) is 9.59 Å². The van der Waals surface area contributed by atoms with Crippen LogP contribution in [0.5, 0.6) is 0 Å². The number of aliphatic hydroxyl groups is 1. The van der Waals surface area contributed by atoms with E-state index in [9.17, 15) is 9.59 Å². The van der Waals surface area contributed by atoms with E-state index in [0.29, 0.717) is 6.54 Å². The van der Waals surface area contributed by atoms with E-state index in [-0.39, 0.29) is 6.04 Å². The molecule has 0 aromatic rings. The number of urea groups is 1. The highest BCUT2D eigenvalue weighted by molar-refractivity contribution is 5.82. The minimum Gasteiger partial charge on any atom is -0.480 e. The van der Waals surface area contributed by atoms with Gasteiger partial charge in [-0.05, 0) is 14.1 Å². The maximum absolute atomic E-state index is 11.5. The molecule has 0 bridgehead atoms. The molecule has 0 radical (unpaired) electrons. The lowest BCUT2D eigenvalue weighted by Gasteiger charge is -2.37. The van der Waals surface area contributed by atoms with E-state index in [2.05, 4.69) is 20.4 Å². The van der Waals surface area contributed by atoms with E-state index in [1.165, 1.54) is 0 Å². The van der Waals surface area contributed by atoms with Gasteiger partial charge in [-0.2, -0.15) is 0 Å². The van der Waals surface area contributed by atoms with Crippen molar-refractivity contribution in [3.8, 4) is 0 Å². The summed E-state index contributed by atoms with van der Waals surface area (Å²) in [5.74, 6) is -1.26. The third-order valence-electron chi connectivity index (χ3n) is 3.26. The van der Waals surface area contributed by atoms with E-state index < -0.39 is 24.6 Å². The first-order chi connectivity index (χ1) is 8.93. The molecule has 1 rings (SSSR count). The van der Waals surface area contributed by atoms with Crippen LogP contribution in [0.4, 0.5) is 4.79 Å². The lowest BCUT2D eigenvalue weighted by atomic mass is 10.2. The van der Waals surface area contributed by atoms with Crippen molar-refractivity contribution in [3.63, 3.8) is 0 Å². The van der Waals surface area contributed by atoms with Crippen LogP contribution in [0, 0.1) is 0 Å². The number of piperazine rings is 1. The predicted molar refractivity (Wildman–Crippen MR) is 69.0 cm³/mol. The summed E-state index contributed by atoms with van der Waals surface area (Å²) in [5.41, 5.74) is 0. The molecular formula is C11H22N4O4. The molecule has 0 spiro atoms. The topological polar surface area (TPSA) is 105 Å². The normalized spacial score (nSPS) is 22.8. The fraction of sp³-hybridized carbons (Fsp3) is 0.818. The van der Waals surface area contributed by atoms with Crippen molar-refractivity contribution in [2.45, 2.75) is 12.1 Å². The second kappa shape index (κ2) is 7.27. The molecule has 1 heterocycles. The number of aliphatic hydroxyl groups excluding tert-OH is 1. The lowest BCUT2D eigenvalue weighted by Crippen LogP contribution is -2.56. The number of rotatable bonds is 5. The molecule has 4 N–H and O–H groups in total. The highest BCUT2D eigenvalue weighted by Crippen LogP contribution is 2.04. The number of carbonyl (C=O) groups is 2. The maximum atomic E-state index is 11.5. The van der Waals surface area contributed by atoms with Crippen LogP contribution >= 0.6 is 0 Å². The quantitative estimate of drug-likeness (QED) is 0.461. The first-order valence-electron chi connectivity index (χ1n) is 6.21. The fourth-order valence-corrected chi connectivity index (χ4v) is 1.93. The van der Waals surface area contributed by atoms with Crippen molar-refractivity contribution < 1.29 is 19.8 Å². The Morgan fingerprint density at radius 1 is 1.37 bits per heavy atom. The number of carboxylic acid groups (broad SMARTS) is 1. The van der Waals surface area contributed by atoms with Gasteiger partial charge in [0.05, 0.1) is 6.61 Å². The van der Waals surface area contributed by atoms with Crippen molar-refractivity contribution in [2.24, 2.45) is 0 Å². The first-order valence-corrected chi connectivity index (χ1v) is 6.21. The van der Waals surface area contributed by atoms with Gasteiger partial charge in [0.2, 0.25) is 0 Å². The van der Waals surface area contributed by atoms with Crippen LogP contribution in [0.2, 0.25) is 0 Å². The number of aliphatic carboxylic acids is 1. The molecular weight excluding hydrogens is 252 g/mol. The predicted octanol–water partition coefficient (Wildman–Crippen LogP) is -2.02. The Bertz CT molecular complexity index is 326. The van der Waals surface area contributed by atoms with E-state index in [4.69, 9.17) is 10.2 Å².